The van der Waals surface area contributed by atoms with Gasteiger partial charge in [0.05, 0.1) is 11.4 Å². The van der Waals surface area contributed by atoms with E-state index in [0.29, 0.717) is 0 Å². The van der Waals surface area contributed by atoms with Crippen LogP contribution in [0.3, 0.4) is 0 Å². The number of rotatable bonds is 5. The Bertz CT molecular complexity index is 2660. The van der Waals surface area contributed by atoms with Crippen molar-refractivity contribution >= 4 is 44.8 Å². The van der Waals surface area contributed by atoms with E-state index in [9.17, 15) is 0 Å². The van der Waals surface area contributed by atoms with E-state index in [4.69, 9.17) is 9.41 Å². The van der Waals surface area contributed by atoms with Gasteiger partial charge < -0.3 is 14.6 Å². The lowest BCUT2D eigenvalue weighted by Gasteiger charge is -2.42. The summed E-state index contributed by atoms with van der Waals surface area (Å²) in [5.74, 6) is 0.828. The minimum atomic E-state index is -0.207. The second-order valence-electron chi connectivity index (χ2n) is 14.5. The molecule has 1 aromatic heterocycles. The van der Waals surface area contributed by atoms with Crippen molar-refractivity contribution in [2.75, 3.05) is 4.90 Å². The van der Waals surface area contributed by atoms with Crippen LogP contribution in [0.25, 0.3) is 33.1 Å². The van der Waals surface area contributed by atoms with Gasteiger partial charge in [0.25, 0.3) is 0 Å². The molecule has 0 amide bonds. The zero-order chi connectivity index (χ0) is 35.5. The van der Waals surface area contributed by atoms with E-state index in [-0.39, 0.29) is 17.7 Å². The number of amidine groups is 1. The number of para-hydroxylation sites is 3. The molecule has 8 aromatic rings. The first-order chi connectivity index (χ1) is 26.0. The highest BCUT2D eigenvalue weighted by Crippen LogP contribution is 2.52. The lowest BCUT2D eigenvalue weighted by Crippen LogP contribution is -2.44. The third kappa shape index (κ3) is 5.23. The van der Waals surface area contributed by atoms with Crippen molar-refractivity contribution in [1.82, 2.24) is 10.6 Å². The molecule has 2 unspecified atom stereocenters. The summed E-state index contributed by atoms with van der Waals surface area (Å²) in [6.07, 6.45) is -0.307. The van der Waals surface area contributed by atoms with E-state index in [1.807, 2.05) is 12.1 Å². The van der Waals surface area contributed by atoms with Gasteiger partial charge in [-0.25, -0.2) is 4.99 Å². The standard InChI is InChI=1S/C48H38N4O/c1-48(2)39-23-12-13-24-41(39)52(35-19-10-5-11-20-35)42-28-26-33(29-40(42)48)36-21-14-22-38-37-27-25-34(30-43(37)53-44(36)38)47-50-45(31-15-6-3-7-16-31)49-46(51-47)32-17-8-4-9-18-32/h3-30,45-46,49H,1-2H3,(H,50,51). The molecule has 0 bridgehead atoms. The molecule has 2 N–H and O–H groups in total. The summed E-state index contributed by atoms with van der Waals surface area (Å²) in [6, 6.07) is 60.1. The zero-order valence-electron chi connectivity index (χ0n) is 29.6. The third-order valence-electron chi connectivity index (χ3n) is 10.9. The largest absolute Gasteiger partial charge is 0.455 e. The molecule has 2 aliphatic rings. The summed E-state index contributed by atoms with van der Waals surface area (Å²) in [4.78, 5) is 7.57. The lowest BCUT2D eigenvalue weighted by atomic mass is 9.73. The molecule has 2 atom stereocenters. The Labute approximate surface area is 309 Å². The van der Waals surface area contributed by atoms with Gasteiger partial charge >= 0.3 is 0 Å². The normalized spacial score (nSPS) is 17.5. The predicted molar refractivity (Wildman–Crippen MR) is 217 cm³/mol. The molecule has 256 valence electrons. The highest BCUT2D eigenvalue weighted by Gasteiger charge is 2.37. The van der Waals surface area contributed by atoms with Gasteiger partial charge in [0.2, 0.25) is 0 Å². The number of hydrogen-bond acceptors (Lipinski definition) is 5. The van der Waals surface area contributed by atoms with E-state index >= 15 is 0 Å². The number of aliphatic imine (C=N–C) groups is 1. The SMILES string of the molecule is CC1(C)c2ccccc2N(c2ccccc2)c2ccc(-c3cccc4c3oc3cc(C5=NC(c6ccccc6)NC(c6ccccc6)N5)ccc34)cc21. The minimum Gasteiger partial charge on any atom is -0.455 e. The number of nitrogens with one attached hydrogen (secondary N) is 2. The lowest BCUT2D eigenvalue weighted by molar-refractivity contribution is 0.409. The quantitative estimate of drug-likeness (QED) is 0.189. The number of benzene rings is 7. The number of hydrogen-bond donors (Lipinski definition) is 2. The summed E-state index contributed by atoms with van der Waals surface area (Å²) in [5.41, 5.74) is 13.1. The maximum atomic E-state index is 6.83. The molecule has 0 fully saturated rings. The number of fused-ring (bicyclic) bond motifs is 5. The van der Waals surface area contributed by atoms with Crippen molar-refractivity contribution in [3.8, 4) is 11.1 Å². The zero-order valence-corrected chi connectivity index (χ0v) is 29.6. The third-order valence-corrected chi connectivity index (χ3v) is 10.9. The van der Waals surface area contributed by atoms with Crippen molar-refractivity contribution in [3.63, 3.8) is 0 Å². The molecule has 2 aliphatic heterocycles. The first kappa shape index (κ1) is 31.3. The fourth-order valence-electron chi connectivity index (χ4n) is 8.23. The van der Waals surface area contributed by atoms with Crippen molar-refractivity contribution in [2.24, 2.45) is 4.99 Å². The van der Waals surface area contributed by atoms with Crippen LogP contribution in [0.15, 0.2) is 179 Å². The Morgan fingerprint density at radius 3 is 2.06 bits per heavy atom. The number of anilines is 3. The fourth-order valence-corrected chi connectivity index (χ4v) is 8.23. The Hall–Kier alpha value is -6.43. The summed E-state index contributed by atoms with van der Waals surface area (Å²) in [5, 5.41) is 9.55. The molecule has 10 rings (SSSR count). The molecule has 0 radical (unpaired) electrons. The Kier molecular flexibility index (Phi) is 7.31. The Balaban J connectivity index is 1.07. The number of nitrogens with zero attached hydrogens (tertiary/aromatic N) is 2. The molecule has 53 heavy (non-hydrogen) atoms. The van der Waals surface area contributed by atoms with Gasteiger partial charge in [-0.05, 0) is 70.3 Å². The Morgan fingerprint density at radius 2 is 1.26 bits per heavy atom. The molecule has 3 heterocycles. The van der Waals surface area contributed by atoms with E-state index in [1.165, 1.54) is 22.5 Å². The smallest absolute Gasteiger partial charge is 0.143 e. The van der Waals surface area contributed by atoms with Crippen molar-refractivity contribution in [2.45, 2.75) is 31.6 Å². The van der Waals surface area contributed by atoms with Crippen LogP contribution in [0, 0.1) is 0 Å². The molecular formula is C48H38N4O. The van der Waals surface area contributed by atoms with Gasteiger partial charge in [-0.2, -0.15) is 0 Å². The second-order valence-corrected chi connectivity index (χ2v) is 14.5. The van der Waals surface area contributed by atoms with Crippen LogP contribution in [0.2, 0.25) is 0 Å². The van der Waals surface area contributed by atoms with Crippen LogP contribution in [0.1, 0.15) is 54.0 Å². The van der Waals surface area contributed by atoms with Crippen LogP contribution in [0.4, 0.5) is 17.1 Å². The van der Waals surface area contributed by atoms with Crippen molar-refractivity contribution in [3.05, 3.63) is 198 Å². The summed E-state index contributed by atoms with van der Waals surface area (Å²) in [7, 11) is 0. The monoisotopic (exact) mass is 686 g/mol. The average molecular weight is 687 g/mol. The van der Waals surface area contributed by atoms with Crippen LogP contribution >= 0.6 is 0 Å². The van der Waals surface area contributed by atoms with E-state index in [1.54, 1.807) is 0 Å². The average Bonchev–Trinajstić information content (AvgIpc) is 3.60. The molecular weight excluding hydrogens is 649 g/mol. The molecule has 7 aromatic carbocycles. The van der Waals surface area contributed by atoms with Crippen LogP contribution < -0.4 is 15.5 Å². The predicted octanol–water partition coefficient (Wildman–Crippen LogP) is 11.7. The molecule has 5 heteroatoms. The maximum absolute atomic E-state index is 6.83. The molecule has 0 saturated heterocycles. The minimum absolute atomic E-state index is 0.107. The summed E-state index contributed by atoms with van der Waals surface area (Å²) < 4.78 is 6.83. The fraction of sp³-hybridized carbons (Fsp3) is 0.104. The molecule has 0 aliphatic carbocycles. The summed E-state index contributed by atoms with van der Waals surface area (Å²) >= 11 is 0. The van der Waals surface area contributed by atoms with Gasteiger partial charge in [-0.1, -0.05) is 141 Å². The van der Waals surface area contributed by atoms with E-state index in [2.05, 4.69) is 187 Å². The van der Waals surface area contributed by atoms with Gasteiger partial charge in [0, 0.05) is 33.0 Å². The molecule has 5 nitrogen and oxygen atoms in total. The highest BCUT2D eigenvalue weighted by atomic mass is 16.3. The Morgan fingerprint density at radius 1 is 0.585 bits per heavy atom. The summed E-state index contributed by atoms with van der Waals surface area (Å²) in [6.45, 7) is 4.67. The van der Waals surface area contributed by atoms with E-state index in [0.717, 1.165) is 61.3 Å². The van der Waals surface area contributed by atoms with Crippen LogP contribution in [-0.4, -0.2) is 5.84 Å². The molecule has 0 saturated carbocycles. The topological polar surface area (TPSA) is 52.8 Å². The van der Waals surface area contributed by atoms with Gasteiger partial charge in [-0.15, -0.1) is 0 Å². The second kappa shape index (κ2) is 12.4. The van der Waals surface area contributed by atoms with Gasteiger partial charge in [0.1, 0.15) is 29.3 Å². The molecule has 0 spiro atoms. The highest BCUT2D eigenvalue weighted by molar-refractivity contribution is 6.12. The van der Waals surface area contributed by atoms with E-state index < -0.39 is 0 Å². The van der Waals surface area contributed by atoms with Crippen molar-refractivity contribution < 1.29 is 4.42 Å². The van der Waals surface area contributed by atoms with Gasteiger partial charge in [0.15, 0.2) is 0 Å². The van der Waals surface area contributed by atoms with Crippen LogP contribution in [0.5, 0.6) is 0 Å². The number of furan rings is 1. The maximum Gasteiger partial charge on any atom is 0.143 e. The first-order valence-electron chi connectivity index (χ1n) is 18.3. The van der Waals surface area contributed by atoms with Gasteiger partial charge in [-0.3, -0.25) is 5.32 Å². The first-order valence-corrected chi connectivity index (χ1v) is 18.3. The van der Waals surface area contributed by atoms with Crippen molar-refractivity contribution in [1.29, 1.82) is 0 Å². The van der Waals surface area contributed by atoms with Crippen LogP contribution in [-0.2, 0) is 5.41 Å².